The van der Waals surface area contributed by atoms with E-state index in [1.165, 1.54) is 0 Å². The second kappa shape index (κ2) is 17.7. The molecule has 0 spiro atoms. The van der Waals surface area contributed by atoms with E-state index in [2.05, 4.69) is 14.8 Å². The van der Waals surface area contributed by atoms with Crippen LogP contribution in [0.4, 0.5) is 16.2 Å². The van der Waals surface area contributed by atoms with Gasteiger partial charge in [0.2, 0.25) is 0 Å². The number of unbranched alkanes of at least 4 members (excludes halogenated alkanes) is 1. The third-order valence-corrected chi connectivity index (χ3v) is 13.0. The van der Waals surface area contributed by atoms with Crippen LogP contribution in [0.5, 0.6) is 0 Å². The molecule has 3 aromatic rings. The fourth-order valence-corrected chi connectivity index (χ4v) is 10.2. The van der Waals surface area contributed by atoms with Crippen molar-refractivity contribution in [1.29, 1.82) is 0 Å². The Kier molecular flexibility index (Phi) is 13.7. The number of aliphatic hydroxyl groups is 2. The molecule has 2 amide bonds. The standard InChI is InChI=1S/C39H53N3O11S2/c1-6-8-17-39(7-2)24-54(46,47)33-16-15-29(42(4)5)20-30(33)35(37(39)44)27-13-10-14-28(19-27)40-38(45)41-34-21-31(51-22-26-12-9-11-25(3)18-26)36(43)32(53-34)23-52-55(48,49)50/h9-16,18-20,31-32,34-37,43-44H,6-8,17,21-24H2,1-5H3,(H2,40,41,45)(H,48,49,50)/t31-,32-,34-,35-,36+,37-,39-/m1/s1. The zero-order valence-corrected chi connectivity index (χ0v) is 33.5. The molecule has 0 unspecified atom stereocenters. The molecule has 7 atom stereocenters. The Labute approximate surface area is 324 Å². The predicted molar refractivity (Wildman–Crippen MR) is 208 cm³/mol. The molecule has 55 heavy (non-hydrogen) atoms. The average molecular weight is 804 g/mol. The second-order valence-corrected chi connectivity index (χ2v) is 17.8. The third kappa shape index (κ3) is 10.4. The monoisotopic (exact) mass is 803 g/mol. The van der Waals surface area contributed by atoms with Gasteiger partial charge in [0.1, 0.15) is 18.4 Å². The van der Waals surface area contributed by atoms with Crippen LogP contribution in [-0.2, 0) is 40.5 Å². The van der Waals surface area contributed by atoms with Crippen molar-refractivity contribution < 1.29 is 50.1 Å². The van der Waals surface area contributed by atoms with Crippen LogP contribution in [0.25, 0.3) is 0 Å². The Morgan fingerprint density at radius 1 is 1.05 bits per heavy atom. The van der Waals surface area contributed by atoms with Crippen LogP contribution in [0.3, 0.4) is 0 Å². The Morgan fingerprint density at radius 3 is 2.47 bits per heavy atom. The number of hydrogen-bond acceptors (Lipinski definition) is 11. The van der Waals surface area contributed by atoms with E-state index in [1.54, 1.807) is 30.3 Å². The van der Waals surface area contributed by atoms with Crippen LogP contribution >= 0.6 is 0 Å². The molecule has 14 nitrogen and oxygen atoms in total. The summed E-state index contributed by atoms with van der Waals surface area (Å²) in [7, 11) is -4.93. The first-order valence-corrected chi connectivity index (χ1v) is 21.5. The smallest absolute Gasteiger partial charge is 0.392 e. The molecule has 0 aliphatic carbocycles. The fourth-order valence-electron chi connectivity index (χ4n) is 7.62. The van der Waals surface area contributed by atoms with Gasteiger partial charge in [-0.25, -0.2) is 17.4 Å². The number of carbonyl (C=O) groups is 1. The molecule has 302 valence electrons. The predicted octanol–water partition coefficient (Wildman–Crippen LogP) is 4.93. The minimum absolute atomic E-state index is 0.00654. The van der Waals surface area contributed by atoms with Gasteiger partial charge in [-0.3, -0.25) is 4.55 Å². The zero-order chi connectivity index (χ0) is 40.1. The SMILES string of the molecule is CCCC[C@]1(CC)CS(=O)(=O)c2ccc(N(C)C)cc2[C@@H](c2cccc(NC(=O)N[C@H]3C[C@@H](OCc4cccc(C)c4)[C@H](O)[C@@H](COS(=O)(=O)O)O3)c2)[C@H]1O. The maximum Gasteiger partial charge on any atom is 0.397 e. The van der Waals surface area contributed by atoms with E-state index in [0.717, 1.165) is 29.7 Å². The normalized spacial score (nSPS) is 26.4. The number of hydrogen-bond donors (Lipinski definition) is 5. The maximum absolute atomic E-state index is 14.0. The molecule has 5 N–H and O–H groups in total. The Bertz CT molecular complexity index is 2030. The first-order chi connectivity index (χ1) is 25.9. The van der Waals surface area contributed by atoms with Crippen molar-refractivity contribution in [1.82, 2.24) is 5.32 Å². The number of urea groups is 1. The minimum atomic E-state index is -4.86. The number of anilines is 2. The topological polar surface area (TPSA) is 201 Å². The molecule has 0 saturated carbocycles. The lowest BCUT2D eigenvalue weighted by Gasteiger charge is -2.39. The maximum atomic E-state index is 14.0. The van der Waals surface area contributed by atoms with Gasteiger partial charge >= 0.3 is 16.4 Å². The van der Waals surface area contributed by atoms with Gasteiger partial charge in [0, 0.05) is 43.2 Å². The molecule has 1 fully saturated rings. The third-order valence-electron chi connectivity index (χ3n) is 10.6. The van der Waals surface area contributed by atoms with Crippen LogP contribution < -0.4 is 15.5 Å². The summed E-state index contributed by atoms with van der Waals surface area (Å²) in [5.74, 6) is -0.933. The highest BCUT2D eigenvalue weighted by Crippen LogP contribution is 2.49. The van der Waals surface area contributed by atoms with Crippen molar-refractivity contribution >= 4 is 37.6 Å². The van der Waals surface area contributed by atoms with E-state index >= 15 is 0 Å². The van der Waals surface area contributed by atoms with Crippen LogP contribution in [0.1, 0.15) is 74.1 Å². The fraction of sp³-hybridized carbons (Fsp3) is 0.513. The van der Waals surface area contributed by atoms with E-state index in [-0.39, 0.29) is 23.7 Å². The number of aliphatic hydroxyl groups excluding tert-OH is 2. The molecule has 0 aromatic heterocycles. The molecule has 2 aliphatic rings. The van der Waals surface area contributed by atoms with Gasteiger partial charge in [-0.15, -0.1) is 0 Å². The quantitative estimate of drug-likeness (QED) is 0.138. The van der Waals surface area contributed by atoms with Gasteiger partial charge in [0.25, 0.3) is 0 Å². The first kappa shape index (κ1) is 42.5. The minimum Gasteiger partial charge on any atom is -0.392 e. The number of carbonyl (C=O) groups excluding carboxylic acids is 1. The molecule has 2 heterocycles. The molecule has 5 rings (SSSR count). The lowest BCUT2D eigenvalue weighted by atomic mass is 9.69. The number of nitrogens with one attached hydrogen (secondary N) is 2. The van der Waals surface area contributed by atoms with Crippen LogP contribution in [0.2, 0.25) is 0 Å². The molecular formula is C39H53N3O11S2. The summed E-state index contributed by atoms with van der Waals surface area (Å²) in [6, 6.07) is 19.0. The van der Waals surface area contributed by atoms with E-state index in [9.17, 15) is 31.8 Å². The number of aryl methyl sites for hydroxylation is 1. The summed E-state index contributed by atoms with van der Waals surface area (Å²) in [4.78, 5) is 15.5. The summed E-state index contributed by atoms with van der Waals surface area (Å²) < 4.78 is 76.2. The van der Waals surface area contributed by atoms with Gasteiger partial charge in [-0.2, -0.15) is 8.42 Å². The largest absolute Gasteiger partial charge is 0.397 e. The molecular weight excluding hydrogens is 751 g/mol. The zero-order valence-electron chi connectivity index (χ0n) is 31.8. The van der Waals surface area contributed by atoms with Gasteiger partial charge in [0.05, 0.1) is 36.1 Å². The van der Waals surface area contributed by atoms with Gasteiger partial charge in [0.15, 0.2) is 9.84 Å². The van der Waals surface area contributed by atoms with Crippen LogP contribution in [-0.4, -0.2) is 94.7 Å². The van der Waals surface area contributed by atoms with Crippen molar-refractivity contribution in [3.8, 4) is 0 Å². The molecule has 3 aromatic carbocycles. The first-order valence-electron chi connectivity index (χ1n) is 18.5. The van der Waals surface area contributed by atoms with E-state index < -0.39 is 74.9 Å². The molecule has 0 bridgehead atoms. The molecule has 2 aliphatic heterocycles. The lowest BCUT2D eigenvalue weighted by Crippen LogP contribution is -2.56. The second-order valence-electron chi connectivity index (χ2n) is 14.8. The summed E-state index contributed by atoms with van der Waals surface area (Å²) in [6.45, 7) is 5.26. The Hall–Kier alpha value is -3.61. The van der Waals surface area contributed by atoms with Crippen molar-refractivity contribution in [2.45, 2.75) is 101 Å². The van der Waals surface area contributed by atoms with Gasteiger partial charge < -0.3 is 35.2 Å². The van der Waals surface area contributed by atoms with E-state index in [1.807, 2.05) is 76.2 Å². The Balaban J connectivity index is 1.41. The average Bonchev–Trinajstić information content (AvgIpc) is 3.19. The molecule has 1 saturated heterocycles. The van der Waals surface area contributed by atoms with Crippen LogP contribution in [0, 0.1) is 12.3 Å². The molecule has 0 radical (unpaired) electrons. The Morgan fingerprint density at radius 2 is 1.80 bits per heavy atom. The highest BCUT2D eigenvalue weighted by Gasteiger charge is 2.49. The van der Waals surface area contributed by atoms with Gasteiger partial charge in [-0.05, 0) is 66.8 Å². The van der Waals surface area contributed by atoms with Crippen LogP contribution in [0.15, 0.2) is 71.6 Å². The highest BCUT2D eigenvalue weighted by atomic mass is 32.3. The summed E-state index contributed by atoms with van der Waals surface area (Å²) >= 11 is 0. The number of fused-ring (bicyclic) bond motifs is 1. The number of amides is 2. The van der Waals surface area contributed by atoms with Gasteiger partial charge in [-0.1, -0.05) is 68.7 Å². The number of nitrogens with zero attached hydrogens (tertiary/aromatic N) is 1. The number of benzene rings is 3. The number of rotatable bonds is 14. The summed E-state index contributed by atoms with van der Waals surface area (Å²) in [5.41, 5.74) is 3.14. The van der Waals surface area contributed by atoms with E-state index in [4.69, 9.17) is 14.0 Å². The molecule has 16 heteroatoms. The van der Waals surface area contributed by atoms with Crippen molar-refractivity contribution in [3.63, 3.8) is 0 Å². The summed E-state index contributed by atoms with van der Waals surface area (Å²) in [6.07, 6.45) is -3.16. The number of ether oxygens (including phenoxy) is 2. The lowest BCUT2D eigenvalue weighted by molar-refractivity contribution is -0.197. The van der Waals surface area contributed by atoms with Crippen molar-refractivity contribution in [3.05, 3.63) is 89.0 Å². The summed E-state index contributed by atoms with van der Waals surface area (Å²) in [5, 5.41) is 28.8. The van der Waals surface area contributed by atoms with Crippen molar-refractivity contribution in [2.75, 3.05) is 36.7 Å². The highest BCUT2D eigenvalue weighted by molar-refractivity contribution is 7.91. The number of sulfone groups is 1. The van der Waals surface area contributed by atoms with E-state index in [0.29, 0.717) is 29.7 Å². The van der Waals surface area contributed by atoms with Crippen molar-refractivity contribution in [2.24, 2.45) is 5.41 Å².